The molecule has 1 aromatic carbocycles. The Labute approximate surface area is 157 Å². The van der Waals surface area contributed by atoms with Crippen LogP contribution in [0.3, 0.4) is 0 Å². The zero-order valence-electron chi connectivity index (χ0n) is 15.8. The summed E-state index contributed by atoms with van der Waals surface area (Å²) in [6, 6.07) is 4.36. The first kappa shape index (κ1) is 21.2. The van der Waals surface area contributed by atoms with Gasteiger partial charge in [0.2, 0.25) is 5.91 Å². The maximum Gasteiger partial charge on any atom is 0.416 e. The Morgan fingerprint density at radius 3 is 2.44 bits per heavy atom. The molecule has 27 heavy (non-hydrogen) atoms. The summed E-state index contributed by atoms with van der Waals surface area (Å²) in [7, 11) is 0. The number of benzene rings is 1. The molecule has 1 atom stereocenters. The van der Waals surface area contributed by atoms with Crippen molar-refractivity contribution in [2.75, 3.05) is 13.1 Å². The Morgan fingerprint density at radius 1 is 1.22 bits per heavy atom. The van der Waals surface area contributed by atoms with Crippen LogP contribution in [-0.2, 0) is 11.0 Å². The highest BCUT2D eigenvalue weighted by atomic mass is 19.4. The van der Waals surface area contributed by atoms with Gasteiger partial charge in [0.1, 0.15) is 0 Å². The number of urea groups is 1. The second-order valence-corrected chi connectivity index (χ2v) is 7.35. The number of halogens is 3. The molecule has 1 fully saturated rings. The van der Waals surface area contributed by atoms with Gasteiger partial charge < -0.3 is 5.32 Å². The van der Waals surface area contributed by atoms with Gasteiger partial charge in [-0.1, -0.05) is 26.0 Å². The van der Waals surface area contributed by atoms with Crippen LogP contribution in [0.1, 0.15) is 50.8 Å². The Bertz CT molecular complexity index is 672. The van der Waals surface area contributed by atoms with Crippen LogP contribution < -0.4 is 10.6 Å². The maximum atomic E-state index is 13.0. The predicted octanol–water partition coefficient (Wildman–Crippen LogP) is 3.71. The third-order valence-corrected chi connectivity index (χ3v) is 4.46. The van der Waals surface area contributed by atoms with Gasteiger partial charge in [0.25, 0.3) is 0 Å². The molecule has 0 radical (unpaired) electrons. The van der Waals surface area contributed by atoms with E-state index in [2.05, 4.69) is 10.6 Å². The van der Waals surface area contributed by atoms with E-state index in [0.29, 0.717) is 12.1 Å². The van der Waals surface area contributed by atoms with Gasteiger partial charge in [-0.2, -0.15) is 13.2 Å². The second-order valence-electron chi connectivity index (χ2n) is 7.35. The number of alkyl halides is 3. The number of hydrogen-bond acceptors (Lipinski definition) is 3. The molecule has 2 rings (SSSR count). The van der Waals surface area contributed by atoms with Gasteiger partial charge in [0, 0.05) is 18.6 Å². The van der Waals surface area contributed by atoms with Crippen LogP contribution in [0.4, 0.5) is 18.0 Å². The Hall–Kier alpha value is -2.09. The lowest BCUT2D eigenvalue weighted by Crippen LogP contribution is -2.46. The minimum absolute atomic E-state index is 0.0445. The van der Waals surface area contributed by atoms with Crippen LogP contribution in [0, 0.1) is 5.92 Å². The number of imide groups is 1. The van der Waals surface area contributed by atoms with Crippen molar-refractivity contribution < 1.29 is 22.8 Å². The monoisotopic (exact) mass is 385 g/mol. The minimum atomic E-state index is -4.41. The number of amides is 3. The Balaban J connectivity index is 2.02. The normalized spacial score (nSPS) is 15.7. The lowest BCUT2D eigenvalue weighted by Gasteiger charge is -2.29. The Morgan fingerprint density at radius 2 is 1.89 bits per heavy atom. The molecular formula is C19H26F3N3O2. The van der Waals surface area contributed by atoms with Crippen LogP contribution in [0.15, 0.2) is 24.3 Å². The van der Waals surface area contributed by atoms with Crippen molar-refractivity contribution in [3.8, 4) is 0 Å². The van der Waals surface area contributed by atoms with E-state index in [4.69, 9.17) is 0 Å². The van der Waals surface area contributed by atoms with Crippen molar-refractivity contribution in [1.29, 1.82) is 0 Å². The molecule has 1 aliphatic rings. The molecule has 150 valence electrons. The van der Waals surface area contributed by atoms with E-state index in [1.165, 1.54) is 6.07 Å². The van der Waals surface area contributed by atoms with Crippen molar-refractivity contribution in [2.24, 2.45) is 5.92 Å². The molecule has 0 bridgehead atoms. The molecule has 1 aromatic rings. The van der Waals surface area contributed by atoms with Gasteiger partial charge in [0.15, 0.2) is 0 Å². The van der Waals surface area contributed by atoms with Gasteiger partial charge >= 0.3 is 12.2 Å². The van der Waals surface area contributed by atoms with Gasteiger partial charge in [0.05, 0.1) is 12.1 Å². The zero-order valence-corrected chi connectivity index (χ0v) is 15.8. The van der Waals surface area contributed by atoms with Crippen LogP contribution in [-0.4, -0.2) is 36.0 Å². The third kappa shape index (κ3) is 6.53. The second kappa shape index (κ2) is 8.73. The maximum absolute atomic E-state index is 13.0. The fourth-order valence-electron chi connectivity index (χ4n) is 2.83. The zero-order chi connectivity index (χ0) is 20.2. The number of hydrogen-bond donors (Lipinski definition) is 2. The van der Waals surface area contributed by atoms with Gasteiger partial charge in [-0.05, 0) is 43.4 Å². The highest BCUT2D eigenvalue weighted by Gasteiger charge is 2.35. The summed E-state index contributed by atoms with van der Waals surface area (Å²) in [5, 5.41) is 4.88. The molecule has 2 N–H and O–H groups in total. The summed E-state index contributed by atoms with van der Waals surface area (Å²) in [6.45, 7) is 6.06. The average molecular weight is 385 g/mol. The van der Waals surface area contributed by atoms with Crippen molar-refractivity contribution in [2.45, 2.75) is 51.9 Å². The van der Waals surface area contributed by atoms with Gasteiger partial charge in [-0.25, -0.2) is 4.79 Å². The van der Waals surface area contributed by atoms with Crippen LogP contribution in [0.5, 0.6) is 0 Å². The van der Waals surface area contributed by atoms with Crippen LogP contribution in [0.2, 0.25) is 0 Å². The van der Waals surface area contributed by atoms with Crippen molar-refractivity contribution in [3.63, 3.8) is 0 Å². The van der Waals surface area contributed by atoms with Crippen molar-refractivity contribution >= 4 is 11.9 Å². The molecule has 3 amide bonds. The topological polar surface area (TPSA) is 61.4 Å². The van der Waals surface area contributed by atoms with Crippen molar-refractivity contribution in [1.82, 2.24) is 15.5 Å². The van der Waals surface area contributed by atoms with E-state index in [1.807, 2.05) is 18.7 Å². The summed E-state index contributed by atoms with van der Waals surface area (Å²) in [6.07, 6.45) is -2.64. The number of carbonyl (C=O) groups excluding carboxylic acids is 2. The SMILES string of the molecule is CC(C)CNC(=O)NC(=O)CN(C1CC1)C(C)c1cccc(C(F)(F)F)c1. The molecule has 0 heterocycles. The first-order chi connectivity index (χ1) is 12.6. The smallest absolute Gasteiger partial charge is 0.338 e. The molecule has 1 saturated carbocycles. The van der Waals surface area contributed by atoms with Crippen LogP contribution >= 0.6 is 0 Å². The van der Waals surface area contributed by atoms with Crippen molar-refractivity contribution in [3.05, 3.63) is 35.4 Å². The first-order valence-electron chi connectivity index (χ1n) is 9.08. The fraction of sp³-hybridized carbons (Fsp3) is 0.579. The molecule has 0 spiro atoms. The summed E-state index contributed by atoms with van der Waals surface area (Å²) in [5.41, 5.74) is -0.214. The molecule has 1 unspecified atom stereocenters. The molecule has 5 nitrogen and oxygen atoms in total. The summed E-state index contributed by atoms with van der Waals surface area (Å²) in [4.78, 5) is 25.8. The molecule has 0 aliphatic heterocycles. The fourth-order valence-corrected chi connectivity index (χ4v) is 2.83. The van der Waals surface area contributed by atoms with Crippen LogP contribution in [0.25, 0.3) is 0 Å². The van der Waals surface area contributed by atoms with E-state index < -0.39 is 23.7 Å². The molecular weight excluding hydrogens is 359 g/mol. The van der Waals surface area contributed by atoms with E-state index in [1.54, 1.807) is 13.0 Å². The number of nitrogens with one attached hydrogen (secondary N) is 2. The summed E-state index contributed by atoms with van der Waals surface area (Å²) < 4.78 is 38.9. The Kier molecular flexibility index (Phi) is 6.86. The lowest BCUT2D eigenvalue weighted by molar-refractivity contribution is -0.137. The summed E-state index contributed by atoms with van der Waals surface area (Å²) in [5.74, 6) is -0.211. The molecule has 0 saturated heterocycles. The summed E-state index contributed by atoms with van der Waals surface area (Å²) >= 11 is 0. The van der Waals surface area contributed by atoms with E-state index in [-0.39, 0.29) is 24.5 Å². The quantitative estimate of drug-likeness (QED) is 0.752. The van der Waals surface area contributed by atoms with E-state index in [9.17, 15) is 22.8 Å². The lowest BCUT2D eigenvalue weighted by atomic mass is 10.0. The average Bonchev–Trinajstić information content (AvgIpc) is 3.41. The highest BCUT2D eigenvalue weighted by molar-refractivity contribution is 5.95. The van der Waals surface area contributed by atoms with E-state index >= 15 is 0 Å². The first-order valence-corrected chi connectivity index (χ1v) is 9.08. The van der Waals surface area contributed by atoms with Gasteiger partial charge in [-0.3, -0.25) is 15.0 Å². The number of nitrogens with zero attached hydrogens (tertiary/aromatic N) is 1. The molecule has 0 aromatic heterocycles. The van der Waals surface area contributed by atoms with E-state index in [0.717, 1.165) is 25.0 Å². The highest BCUT2D eigenvalue weighted by Crippen LogP contribution is 2.36. The third-order valence-electron chi connectivity index (χ3n) is 4.46. The standard InChI is InChI=1S/C19H26F3N3O2/c1-12(2)10-23-18(27)24-17(26)11-25(16-7-8-16)13(3)14-5-4-6-15(9-14)19(20,21)22/h4-6,9,12-13,16H,7-8,10-11H2,1-3H3,(H2,23,24,26,27). The molecule has 1 aliphatic carbocycles. The van der Waals surface area contributed by atoms with Gasteiger partial charge in [-0.15, -0.1) is 0 Å². The number of carbonyl (C=O) groups is 2. The largest absolute Gasteiger partial charge is 0.416 e. The number of rotatable bonds is 7. The molecule has 8 heteroatoms. The minimum Gasteiger partial charge on any atom is -0.338 e. The predicted molar refractivity (Wildman–Crippen MR) is 96.0 cm³/mol.